The van der Waals surface area contributed by atoms with Gasteiger partial charge in [0.05, 0.1) is 0 Å². The fourth-order valence-electron chi connectivity index (χ4n) is 0.440. The summed E-state index contributed by atoms with van der Waals surface area (Å²) in [5.74, 6) is 1.09. The molecule has 1 aromatic rings. The Bertz CT molecular complexity index is 178. The second kappa shape index (κ2) is 4.57. The summed E-state index contributed by atoms with van der Waals surface area (Å²) in [6.07, 6.45) is 3.51. The number of aromatic nitrogens is 2. The minimum atomic E-state index is 0.842. The van der Waals surface area contributed by atoms with Gasteiger partial charge in [0.25, 0.3) is 0 Å². The summed E-state index contributed by atoms with van der Waals surface area (Å²) in [6, 6.07) is 1.82. The summed E-state index contributed by atoms with van der Waals surface area (Å²) in [7, 11) is 3.37. The maximum absolute atomic E-state index is 4.05. The smallest absolute Gasteiger partial charge is 0.198 e. The van der Waals surface area contributed by atoms with Crippen LogP contribution in [0.25, 0.3) is 0 Å². The lowest BCUT2D eigenvalue weighted by Crippen LogP contribution is -1.79. The molecule has 0 bridgehead atoms. The molecule has 0 radical (unpaired) electrons. The highest BCUT2D eigenvalue weighted by molar-refractivity contribution is 8.76. The van der Waals surface area contributed by atoms with Crippen LogP contribution in [-0.2, 0) is 0 Å². The van der Waals surface area contributed by atoms with Crippen LogP contribution in [0.5, 0.6) is 0 Å². The van der Waals surface area contributed by atoms with Crippen molar-refractivity contribution in [2.45, 2.75) is 12.1 Å². The summed E-state index contributed by atoms with van der Waals surface area (Å²) in [6.45, 7) is 2.11. The Hall–Kier alpha value is -0.220. The van der Waals surface area contributed by atoms with Crippen molar-refractivity contribution in [1.29, 1.82) is 0 Å². The minimum absolute atomic E-state index is 0.842. The molecule has 4 heteroatoms. The Morgan fingerprint density at radius 1 is 1.40 bits per heavy atom. The average Bonchev–Trinajstić information content (AvgIpc) is 2.03. The summed E-state index contributed by atoms with van der Waals surface area (Å²) in [5, 5.41) is 0.842. The van der Waals surface area contributed by atoms with Crippen LogP contribution >= 0.6 is 21.6 Å². The Morgan fingerprint density at radius 3 is 2.70 bits per heavy atom. The lowest BCUT2D eigenvalue weighted by Gasteiger charge is -1.93. The van der Waals surface area contributed by atoms with Crippen molar-refractivity contribution in [3.05, 3.63) is 18.5 Å². The first kappa shape index (κ1) is 7.88. The molecule has 54 valence electrons. The summed E-state index contributed by atoms with van der Waals surface area (Å²) in [4.78, 5) is 8.09. The molecule has 10 heavy (non-hydrogen) atoms. The Labute approximate surface area is 68.2 Å². The monoisotopic (exact) mass is 172 g/mol. The molecule has 0 unspecified atom stereocenters. The van der Waals surface area contributed by atoms with E-state index in [1.165, 1.54) is 0 Å². The predicted molar refractivity (Wildman–Crippen MR) is 46.0 cm³/mol. The molecule has 2 nitrogen and oxygen atoms in total. The summed E-state index contributed by atoms with van der Waals surface area (Å²) >= 11 is 0. The van der Waals surface area contributed by atoms with Crippen LogP contribution in [0.2, 0.25) is 0 Å². The van der Waals surface area contributed by atoms with Gasteiger partial charge >= 0.3 is 0 Å². The first-order valence-corrected chi connectivity index (χ1v) is 5.32. The van der Waals surface area contributed by atoms with Gasteiger partial charge in [0.2, 0.25) is 0 Å². The van der Waals surface area contributed by atoms with Crippen molar-refractivity contribution in [2.24, 2.45) is 0 Å². The van der Waals surface area contributed by atoms with Gasteiger partial charge in [-0.05, 0) is 16.9 Å². The van der Waals surface area contributed by atoms with Crippen LogP contribution in [-0.4, -0.2) is 15.7 Å². The van der Waals surface area contributed by atoms with Crippen LogP contribution in [0.1, 0.15) is 6.92 Å². The zero-order valence-corrected chi connectivity index (χ0v) is 7.28. The first-order valence-electron chi connectivity index (χ1n) is 3.00. The molecule has 0 aliphatic carbocycles. The molecule has 0 saturated heterocycles. The number of rotatable bonds is 3. The van der Waals surface area contributed by atoms with Gasteiger partial charge in [0.1, 0.15) is 0 Å². The van der Waals surface area contributed by atoms with E-state index in [1.54, 1.807) is 34.0 Å². The molecule has 0 amide bonds. The molecule has 1 rings (SSSR count). The van der Waals surface area contributed by atoms with Gasteiger partial charge in [-0.15, -0.1) is 0 Å². The quantitative estimate of drug-likeness (QED) is 0.516. The SMILES string of the molecule is CCSSc1ncccn1. The normalized spacial score (nSPS) is 9.70. The van der Waals surface area contributed by atoms with E-state index in [2.05, 4.69) is 16.9 Å². The van der Waals surface area contributed by atoms with E-state index < -0.39 is 0 Å². The number of hydrogen-bond acceptors (Lipinski definition) is 4. The van der Waals surface area contributed by atoms with Crippen LogP contribution in [0.3, 0.4) is 0 Å². The topological polar surface area (TPSA) is 25.8 Å². The Kier molecular flexibility index (Phi) is 3.60. The molecule has 0 N–H and O–H groups in total. The van der Waals surface area contributed by atoms with Gasteiger partial charge in [0, 0.05) is 18.1 Å². The largest absolute Gasteiger partial charge is 0.230 e. The van der Waals surface area contributed by atoms with Crippen molar-refractivity contribution >= 4 is 21.6 Å². The molecule has 1 heterocycles. The highest BCUT2D eigenvalue weighted by Gasteiger charge is 1.92. The fraction of sp³-hybridized carbons (Fsp3) is 0.333. The van der Waals surface area contributed by atoms with Crippen molar-refractivity contribution in [3.63, 3.8) is 0 Å². The van der Waals surface area contributed by atoms with E-state index in [4.69, 9.17) is 0 Å². The lowest BCUT2D eigenvalue weighted by molar-refractivity contribution is 0.973. The van der Waals surface area contributed by atoms with E-state index in [-0.39, 0.29) is 0 Å². The van der Waals surface area contributed by atoms with Crippen molar-refractivity contribution < 1.29 is 0 Å². The molecule has 1 aromatic heterocycles. The Morgan fingerprint density at radius 2 is 2.10 bits per heavy atom. The van der Waals surface area contributed by atoms with Crippen LogP contribution < -0.4 is 0 Å². The highest BCUT2D eigenvalue weighted by atomic mass is 33.1. The highest BCUT2D eigenvalue weighted by Crippen LogP contribution is 2.26. The third kappa shape index (κ3) is 2.58. The van der Waals surface area contributed by atoms with Crippen LogP contribution in [0.15, 0.2) is 23.6 Å². The number of nitrogens with zero attached hydrogens (tertiary/aromatic N) is 2. The second-order valence-electron chi connectivity index (χ2n) is 1.52. The standard InChI is InChI=1S/C6H8N2S2/c1-2-9-10-6-7-4-3-5-8-6/h3-5H,2H2,1H3. The second-order valence-corrected chi connectivity index (χ2v) is 4.07. The Balaban J connectivity index is 2.43. The van der Waals surface area contributed by atoms with Gasteiger partial charge < -0.3 is 0 Å². The van der Waals surface area contributed by atoms with E-state index in [9.17, 15) is 0 Å². The fourth-order valence-corrected chi connectivity index (χ4v) is 1.80. The van der Waals surface area contributed by atoms with Crippen LogP contribution in [0, 0.1) is 0 Å². The maximum Gasteiger partial charge on any atom is 0.198 e. The van der Waals surface area contributed by atoms with E-state index in [0.717, 1.165) is 10.9 Å². The van der Waals surface area contributed by atoms with Crippen molar-refractivity contribution in [3.8, 4) is 0 Å². The van der Waals surface area contributed by atoms with Gasteiger partial charge in [-0.25, -0.2) is 9.97 Å². The van der Waals surface area contributed by atoms with Crippen molar-refractivity contribution in [2.75, 3.05) is 5.75 Å². The summed E-state index contributed by atoms with van der Waals surface area (Å²) < 4.78 is 0. The van der Waals surface area contributed by atoms with E-state index >= 15 is 0 Å². The molecule has 0 atom stereocenters. The van der Waals surface area contributed by atoms with E-state index in [0.29, 0.717) is 0 Å². The average molecular weight is 172 g/mol. The van der Waals surface area contributed by atoms with Gasteiger partial charge in [-0.1, -0.05) is 17.7 Å². The molecule has 0 aliphatic rings. The molecular formula is C6H8N2S2. The first-order chi connectivity index (χ1) is 4.93. The lowest BCUT2D eigenvalue weighted by atomic mass is 10.7. The molecule has 0 aromatic carbocycles. The number of hydrogen-bond donors (Lipinski definition) is 0. The molecule has 0 saturated carbocycles. The van der Waals surface area contributed by atoms with Gasteiger partial charge in [-0.2, -0.15) is 0 Å². The molecule has 0 fully saturated rings. The minimum Gasteiger partial charge on any atom is -0.230 e. The van der Waals surface area contributed by atoms with Crippen LogP contribution in [0.4, 0.5) is 0 Å². The third-order valence-electron chi connectivity index (χ3n) is 0.793. The molecule has 0 aliphatic heterocycles. The summed E-state index contributed by atoms with van der Waals surface area (Å²) in [5.41, 5.74) is 0. The van der Waals surface area contributed by atoms with Crippen molar-refractivity contribution in [1.82, 2.24) is 9.97 Å². The molecule has 0 spiro atoms. The zero-order chi connectivity index (χ0) is 7.23. The maximum atomic E-state index is 4.05. The third-order valence-corrected chi connectivity index (χ3v) is 3.01. The van der Waals surface area contributed by atoms with Gasteiger partial charge in [0.15, 0.2) is 5.16 Å². The van der Waals surface area contributed by atoms with Gasteiger partial charge in [-0.3, -0.25) is 0 Å². The predicted octanol–water partition coefficient (Wildman–Crippen LogP) is 2.24. The van der Waals surface area contributed by atoms with E-state index in [1.807, 2.05) is 6.07 Å². The molecular weight excluding hydrogens is 164 g/mol. The zero-order valence-electron chi connectivity index (χ0n) is 5.65.